The minimum absolute atomic E-state index is 0.0796. The van der Waals surface area contributed by atoms with Gasteiger partial charge in [-0.2, -0.15) is 5.10 Å². The molecule has 0 bridgehead atoms. The van der Waals surface area contributed by atoms with E-state index in [0.29, 0.717) is 46.0 Å². The molecule has 8 nitrogen and oxygen atoms in total. The number of hydrogen-bond acceptors (Lipinski definition) is 6. The van der Waals surface area contributed by atoms with Gasteiger partial charge in [-0.05, 0) is 68.4 Å². The lowest BCUT2D eigenvalue weighted by atomic mass is 9.95. The number of carbonyl (C=O) groups excluding carboxylic acids is 1. The number of nitrogens with zero attached hydrogens (tertiary/aromatic N) is 4. The molecule has 226 valence electrons. The summed E-state index contributed by atoms with van der Waals surface area (Å²) < 4.78 is 31.2. The van der Waals surface area contributed by atoms with E-state index in [0.717, 1.165) is 37.2 Å². The summed E-state index contributed by atoms with van der Waals surface area (Å²) in [5.74, 6) is -1.11. The molecule has 3 N–H and O–H groups in total. The van der Waals surface area contributed by atoms with E-state index < -0.39 is 11.6 Å². The van der Waals surface area contributed by atoms with Crippen molar-refractivity contribution in [1.82, 2.24) is 20.0 Å². The maximum Gasteiger partial charge on any atom is 0.170 e. The van der Waals surface area contributed by atoms with Crippen LogP contribution in [0.25, 0.3) is 11.3 Å². The number of ketones is 1. The molecule has 3 heterocycles. The zero-order valence-corrected chi connectivity index (χ0v) is 25.0. The van der Waals surface area contributed by atoms with E-state index in [1.807, 2.05) is 30.3 Å². The number of halogens is 3. The second kappa shape index (κ2) is 12.7. The van der Waals surface area contributed by atoms with Crippen molar-refractivity contribution >= 4 is 34.6 Å². The van der Waals surface area contributed by atoms with Crippen molar-refractivity contribution in [2.45, 2.75) is 38.5 Å². The quantitative estimate of drug-likeness (QED) is 0.126. The molecule has 1 aromatic heterocycles. The van der Waals surface area contributed by atoms with E-state index in [1.165, 1.54) is 18.2 Å². The molecule has 0 aliphatic carbocycles. The highest BCUT2D eigenvalue weighted by Crippen LogP contribution is 2.34. The summed E-state index contributed by atoms with van der Waals surface area (Å²) in [6, 6.07) is 16.6. The Labute approximate surface area is 259 Å². The minimum atomic E-state index is -0.695. The number of anilines is 1. The highest BCUT2D eigenvalue weighted by Gasteiger charge is 2.26. The third-order valence-corrected chi connectivity index (χ3v) is 8.44. The van der Waals surface area contributed by atoms with Gasteiger partial charge >= 0.3 is 0 Å². The first-order chi connectivity index (χ1) is 21.3. The number of aromatic nitrogens is 2. The third kappa shape index (κ3) is 6.13. The molecule has 0 amide bonds. The Morgan fingerprint density at radius 3 is 2.48 bits per heavy atom. The number of nitrogens with one attached hydrogen (secondary N) is 3. The number of amidine groups is 1. The SMILES string of the molecule is CNC1CCN(C(=N)CC(=O)c2ccc(NCn3cc4c(n3)-c3ccc(Cl)cc3C(c3c(F)cccc3F)=NC4)cc2)CC1. The Kier molecular flexibility index (Phi) is 8.54. The maximum absolute atomic E-state index is 14.8. The number of likely N-dealkylation sites (tertiary alicyclic amines) is 1. The number of carbonyl (C=O) groups is 1. The molecule has 3 aromatic carbocycles. The predicted molar refractivity (Wildman–Crippen MR) is 169 cm³/mol. The van der Waals surface area contributed by atoms with Crippen molar-refractivity contribution in [3.63, 3.8) is 0 Å². The third-order valence-electron chi connectivity index (χ3n) is 8.20. The molecule has 1 saturated heterocycles. The van der Waals surface area contributed by atoms with Gasteiger partial charge in [0.2, 0.25) is 0 Å². The average Bonchev–Trinajstić information content (AvgIpc) is 3.38. The van der Waals surface area contributed by atoms with Crippen LogP contribution in [0.5, 0.6) is 0 Å². The highest BCUT2D eigenvalue weighted by atomic mass is 35.5. The predicted octanol–water partition coefficient (Wildman–Crippen LogP) is 6.14. The summed E-state index contributed by atoms with van der Waals surface area (Å²) in [6.07, 6.45) is 3.87. The fourth-order valence-electron chi connectivity index (χ4n) is 5.74. The Hall–Kier alpha value is -4.41. The number of piperidine rings is 1. The zero-order valence-electron chi connectivity index (χ0n) is 24.2. The maximum atomic E-state index is 14.8. The summed E-state index contributed by atoms with van der Waals surface area (Å²) in [5.41, 5.74) is 4.03. The van der Waals surface area contributed by atoms with Gasteiger partial charge in [-0.15, -0.1) is 0 Å². The second-order valence-corrected chi connectivity index (χ2v) is 11.4. The average molecular weight is 616 g/mol. The first kappa shape index (κ1) is 29.7. The Bertz CT molecular complexity index is 1720. The number of rotatable bonds is 8. The van der Waals surface area contributed by atoms with Gasteiger partial charge in [0.05, 0.1) is 29.9 Å². The largest absolute Gasteiger partial charge is 0.366 e. The molecule has 0 atom stereocenters. The van der Waals surface area contributed by atoms with Crippen molar-refractivity contribution in [3.8, 4) is 11.3 Å². The molecule has 6 rings (SSSR count). The van der Waals surface area contributed by atoms with E-state index in [2.05, 4.69) is 15.6 Å². The fourth-order valence-corrected chi connectivity index (χ4v) is 5.91. The van der Waals surface area contributed by atoms with E-state index in [1.54, 1.807) is 35.0 Å². The van der Waals surface area contributed by atoms with Crippen LogP contribution in [0.2, 0.25) is 5.02 Å². The van der Waals surface area contributed by atoms with Crippen LogP contribution < -0.4 is 10.6 Å². The van der Waals surface area contributed by atoms with Crippen LogP contribution in [-0.2, 0) is 13.2 Å². The van der Waals surface area contributed by atoms with Gasteiger partial charge in [0.1, 0.15) is 24.1 Å². The Morgan fingerprint density at radius 2 is 1.77 bits per heavy atom. The molecular formula is C33H32ClF2N7O. The molecule has 44 heavy (non-hydrogen) atoms. The molecule has 2 aliphatic heterocycles. The van der Waals surface area contributed by atoms with Crippen LogP contribution in [0.15, 0.2) is 71.9 Å². The molecule has 0 spiro atoms. The lowest BCUT2D eigenvalue weighted by molar-refractivity contribution is 0.0996. The van der Waals surface area contributed by atoms with Crippen molar-refractivity contribution in [3.05, 3.63) is 106 Å². The van der Waals surface area contributed by atoms with Crippen molar-refractivity contribution < 1.29 is 13.6 Å². The van der Waals surface area contributed by atoms with Gasteiger partial charge in [-0.3, -0.25) is 19.9 Å². The Balaban J connectivity index is 1.13. The van der Waals surface area contributed by atoms with Crippen LogP contribution in [0.4, 0.5) is 14.5 Å². The van der Waals surface area contributed by atoms with Crippen LogP contribution in [0.3, 0.4) is 0 Å². The van der Waals surface area contributed by atoms with Crippen LogP contribution in [0, 0.1) is 17.0 Å². The van der Waals surface area contributed by atoms with Gasteiger partial charge in [-0.25, -0.2) is 8.78 Å². The normalized spacial score (nSPS) is 14.8. The molecule has 4 aromatic rings. The summed E-state index contributed by atoms with van der Waals surface area (Å²) >= 11 is 6.30. The summed E-state index contributed by atoms with van der Waals surface area (Å²) in [7, 11) is 1.96. The topological polar surface area (TPSA) is 98.4 Å². The van der Waals surface area contributed by atoms with E-state index in [9.17, 15) is 13.6 Å². The monoisotopic (exact) mass is 615 g/mol. The van der Waals surface area contributed by atoms with Crippen molar-refractivity contribution in [2.75, 3.05) is 25.5 Å². The van der Waals surface area contributed by atoms with Crippen molar-refractivity contribution in [1.29, 1.82) is 5.41 Å². The number of hydrogen-bond donors (Lipinski definition) is 3. The summed E-state index contributed by atoms with van der Waals surface area (Å²) in [5, 5.41) is 20.2. The van der Waals surface area contributed by atoms with Gasteiger partial charge in [-0.1, -0.05) is 23.7 Å². The van der Waals surface area contributed by atoms with Gasteiger partial charge in [0.15, 0.2) is 5.78 Å². The smallest absolute Gasteiger partial charge is 0.170 e. The van der Waals surface area contributed by atoms with Gasteiger partial charge in [0, 0.05) is 58.3 Å². The Morgan fingerprint density at radius 1 is 1.05 bits per heavy atom. The van der Waals surface area contributed by atoms with E-state index >= 15 is 0 Å². The number of benzene rings is 3. The fraction of sp³-hybridized carbons (Fsp3) is 0.273. The molecule has 0 radical (unpaired) electrons. The first-order valence-corrected chi connectivity index (χ1v) is 14.9. The van der Waals surface area contributed by atoms with Gasteiger partial charge < -0.3 is 15.5 Å². The minimum Gasteiger partial charge on any atom is -0.366 e. The lowest BCUT2D eigenvalue weighted by Crippen LogP contribution is -2.44. The molecular weight excluding hydrogens is 584 g/mol. The van der Waals surface area contributed by atoms with E-state index in [-0.39, 0.29) is 30.0 Å². The molecule has 2 aliphatic rings. The molecule has 1 fully saturated rings. The molecule has 0 unspecified atom stereocenters. The zero-order chi connectivity index (χ0) is 30.8. The van der Waals surface area contributed by atoms with Gasteiger partial charge in [0.25, 0.3) is 0 Å². The van der Waals surface area contributed by atoms with Crippen LogP contribution in [-0.4, -0.2) is 58.2 Å². The standard InChI is InChI=1S/C33H32ClF2N7O/c1-38-23-11-13-42(14-12-23)30(37)16-29(44)20-5-8-24(9-6-20)40-19-43-18-21-17-39-33(31-27(35)3-2-4-28(31)36)26-15-22(34)7-10-25(26)32(21)41-43/h2-10,15,18,23,37-38,40H,11-14,16-17,19H2,1H3. The van der Waals surface area contributed by atoms with Crippen LogP contribution >= 0.6 is 11.6 Å². The highest BCUT2D eigenvalue weighted by molar-refractivity contribution is 6.31. The summed E-state index contributed by atoms with van der Waals surface area (Å²) in [4.78, 5) is 19.4. The number of fused-ring (bicyclic) bond motifs is 3. The molecule has 11 heteroatoms. The molecule has 0 saturated carbocycles. The van der Waals surface area contributed by atoms with E-state index in [4.69, 9.17) is 22.1 Å². The van der Waals surface area contributed by atoms with Crippen LogP contribution in [0.1, 0.15) is 46.3 Å². The van der Waals surface area contributed by atoms with Crippen molar-refractivity contribution in [2.24, 2.45) is 4.99 Å². The number of aliphatic imine (C=N–C) groups is 1. The number of Topliss-reactive ketones (excluding diaryl/α,β-unsaturated/α-hetero) is 1. The lowest BCUT2D eigenvalue weighted by Gasteiger charge is -2.33. The first-order valence-electron chi connectivity index (χ1n) is 14.5. The second-order valence-electron chi connectivity index (χ2n) is 11.0. The summed E-state index contributed by atoms with van der Waals surface area (Å²) in [6.45, 7) is 2.10.